The lowest BCUT2D eigenvalue weighted by molar-refractivity contribution is -0.120. The summed E-state index contributed by atoms with van der Waals surface area (Å²) in [7, 11) is 1.87. The lowest BCUT2D eigenvalue weighted by atomic mass is 10.2. The fourth-order valence-electron chi connectivity index (χ4n) is 1.90. The minimum absolute atomic E-state index is 0.0200. The molecule has 0 radical (unpaired) electrons. The van der Waals surface area contributed by atoms with Crippen molar-refractivity contribution in [3.05, 3.63) is 41.4 Å². The van der Waals surface area contributed by atoms with Crippen molar-refractivity contribution in [3.8, 4) is 11.3 Å². The molecule has 0 aliphatic carbocycles. The Morgan fingerprint density at radius 3 is 2.71 bits per heavy atom. The maximum atomic E-state index is 12.0. The maximum Gasteiger partial charge on any atom is 0.232 e. The van der Waals surface area contributed by atoms with Gasteiger partial charge in [0.1, 0.15) is 0 Å². The highest BCUT2D eigenvalue weighted by molar-refractivity contribution is 7.99. The van der Waals surface area contributed by atoms with Crippen molar-refractivity contribution in [2.24, 2.45) is 0 Å². The summed E-state index contributed by atoms with van der Waals surface area (Å²) in [6.07, 6.45) is 1.69. The van der Waals surface area contributed by atoms with Gasteiger partial charge in [0.25, 0.3) is 0 Å². The SMILES string of the molecule is CNC(C)CNC(=O)C(C)SCc1ncc(-c2ccc(Cl)cc2)o1. The summed E-state index contributed by atoms with van der Waals surface area (Å²) in [6.45, 7) is 4.51. The van der Waals surface area contributed by atoms with Crippen LogP contribution in [0.1, 0.15) is 19.7 Å². The molecule has 0 spiro atoms. The molecule has 0 aliphatic rings. The smallest absolute Gasteiger partial charge is 0.232 e. The van der Waals surface area contributed by atoms with Crippen molar-refractivity contribution in [2.75, 3.05) is 13.6 Å². The summed E-state index contributed by atoms with van der Waals surface area (Å²) >= 11 is 7.38. The molecular weight excluding hydrogens is 346 g/mol. The van der Waals surface area contributed by atoms with Gasteiger partial charge < -0.3 is 15.1 Å². The van der Waals surface area contributed by atoms with Gasteiger partial charge >= 0.3 is 0 Å². The first-order valence-corrected chi connectivity index (χ1v) is 9.19. The van der Waals surface area contributed by atoms with Crippen molar-refractivity contribution in [3.63, 3.8) is 0 Å². The summed E-state index contributed by atoms with van der Waals surface area (Å²) in [5, 5.41) is 6.52. The highest BCUT2D eigenvalue weighted by atomic mass is 35.5. The third-order valence-electron chi connectivity index (χ3n) is 3.58. The Kier molecular flexibility index (Phi) is 7.15. The Balaban J connectivity index is 1.84. The number of rotatable bonds is 8. The van der Waals surface area contributed by atoms with E-state index in [1.807, 2.05) is 45.2 Å². The largest absolute Gasteiger partial charge is 0.440 e. The summed E-state index contributed by atoms with van der Waals surface area (Å²) in [4.78, 5) is 16.3. The molecule has 2 unspecified atom stereocenters. The van der Waals surface area contributed by atoms with E-state index in [0.29, 0.717) is 29.0 Å². The average Bonchev–Trinajstić information content (AvgIpc) is 3.06. The van der Waals surface area contributed by atoms with E-state index in [9.17, 15) is 4.79 Å². The number of halogens is 1. The van der Waals surface area contributed by atoms with Crippen LogP contribution in [0.3, 0.4) is 0 Å². The zero-order valence-electron chi connectivity index (χ0n) is 14.0. The topological polar surface area (TPSA) is 67.2 Å². The number of hydrogen-bond donors (Lipinski definition) is 2. The van der Waals surface area contributed by atoms with Gasteiger partial charge in [-0.3, -0.25) is 4.79 Å². The van der Waals surface area contributed by atoms with Crippen LogP contribution in [-0.2, 0) is 10.5 Å². The zero-order valence-corrected chi connectivity index (χ0v) is 15.6. The van der Waals surface area contributed by atoms with E-state index in [-0.39, 0.29) is 17.2 Å². The van der Waals surface area contributed by atoms with Crippen LogP contribution in [-0.4, -0.2) is 35.8 Å². The molecule has 0 aliphatic heterocycles. The van der Waals surface area contributed by atoms with Gasteiger partial charge in [-0.25, -0.2) is 4.98 Å². The molecule has 1 aromatic heterocycles. The summed E-state index contributed by atoms with van der Waals surface area (Å²) in [5.41, 5.74) is 0.926. The van der Waals surface area contributed by atoms with Crippen molar-refractivity contribution >= 4 is 29.3 Å². The molecule has 130 valence electrons. The number of carbonyl (C=O) groups is 1. The molecule has 1 aromatic carbocycles. The van der Waals surface area contributed by atoms with Crippen LogP contribution in [0.5, 0.6) is 0 Å². The van der Waals surface area contributed by atoms with Crippen molar-refractivity contribution in [2.45, 2.75) is 30.9 Å². The van der Waals surface area contributed by atoms with Gasteiger partial charge in [0.05, 0.1) is 17.2 Å². The molecule has 0 saturated carbocycles. The quantitative estimate of drug-likeness (QED) is 0.749. The van der Waals surface area contributed by atoms with Crippen molar-refractivity contribution in [1.29, 1.82) is 0 Å². The van der Waals surface area contributed by atoms with Crippen LogP contribution >= 0.6 is 23.4 Å². The molecular formula is C17H22ClN3O2S. The van der Waals surface area contributed by atoms with E-state index in [0.717, 1.165) is 5.56 Å². The Morgan fingerprint density at radius 1 is 1.33 bits per heavy atom. The van der Waals surface area contributed by atoms with Crippen molar-refractivity contribution in [1.82, 2.24) is 15.6 Å². The first-order chi connectivity index (χ1) is 11.5. The highest BCUT2D eigenvalue weighted by Gasteiger charge is 2.15. The van der Waals surface area contributed by atoms with Gasteiger partial charge in [0.2, 0.25) is 11.8 Å². The molecule has 7 heteroatoms. The molecule has 2 aromatic rings. The summed E-state index contributed by atoms with van der Waals surface area (Å²) in [5.74, 6) is 1.87. The predicted molar refractivity (Wildman–Crippen MR) is 99.2 cm³/mol. The van der Waals surface area contributed by atoms with E-state index in [1.165, 1.54) is 11.8 Å². The number of aromatic nitrogens is 1. The van der Waals surface area contributed by atoms with Crippen LogP contribution in [0.2, 0.25) is 5.02 Å². The molecule has 0 fully saturated rings. The van der Waals surface area contributed by atoms with E-state index < -0.39 is 0 Å². The summed E-state index contributed by atoms with van der Waals surface area (Å²) < 4.78 is 5.74. The predicted octanol–water partition coefficient (Wildman–Crippen LogP) is 3.34. The number of likely N-dealkylation sites (N-methyl/N-ethyl adjacent to an activating group) is 1. The number of nitrogens with zero attached hydrogens (tertiary/aromatic N) is 1. The second kappa shape index (κ2) is 9.11. The Morgan fingerprint density at radius 2 is 2.04 bits per heavy atom. The number of hydrogen-bond acceptors (Lipinski definition) is 5. The Hall–Kier alpha value is -1.50. The number of benzene rings is 1. The van der Waals surface area contributed by atoms with Crippen LogP contribution in [0.4, 0.5) is 0 Å². The standard InChI is InChI=1S/C17H22ClN3O2S/c1-11(19-3)8-21-17(22)12(2)24-10-16-20-9-15(23-16)13-4-6-14(18)7-5-13/h4-7,9,11-12,19H,8,10H2,1-3H3,(H,21,22). The molecule has 2 N–H and O–H groups in total. The Labute approximate surface area is 151 Å². The number of carbonyl (C=O) groups excluding carboxylic acids is 1. The number of amides is 1. The van der Waals surface area contributed by atoms with E-state index in [4.69, 9.17) is 16.0 Å². The maximum absolute atomic E-state index is 12.0. The van der Waals surface area contributed by atoms with Crippen molar-refractivity contribution < 1.29 is 9.21 Å². The number of nitrogens with one attached hydrogen (secondary N) is 2. The fraction of sp³-hybridized carbons (Fsp3) is 0.412. The molecule has 0 bridgehead atoms. The lowest BCUT2D eigenvalue weighted by Gasteiger charge is -2.14. The van der Waals surface area contributed by atoms with E-state index in [1.54, 1.807) is 6.20 Å². The molecule has 5 nitrogen and oxygen atoms in total. The third-order valence-corrected chi connectivity index (χ3v) is 4.96. The first-order valence-electron chi connectivity index (χ1n) is 7.76. The third kappa shape index (κ3) is 5.54. The van der Waals surface area contributed by atoms with Gasteiger partial charge in [0.15, 0.2) is 5.76 Å². The average molecular weight is 368 g/mol. The minimum Gasteiger partial charge on any atom is -0.440 e. The normalized spacial score (nSPS) is 13.5. The first kappa shape index (κ1) is 18.8. The van der Waals surface area contributed by atoms with Gasteiger partial charge in [-0.15, -0.1) is 11.8 Å². The van der Waals surface area contributed by atoms with Crippen LogP contribution < -0.4 is 10.6 Å². The lowest BCUT2D eigenvalue weighted by Crippen LogP contribution is -2.40. The monoisotopic (exact) mass is 367 g/mol. The molecule has 24 heavy (non-hydrogen) atoms. The molecule has 1 amide bonds. The highest BCUT2D eigenvalue weighted by Crippen LogP contribution is 2.25. The van der Waals surface area contributed by atoms with Crippen LogP contribution in [0.15, 0.2) is 34.9 Å². The summed E-state index contributed by atoms with van der Waals surface area (Å²) in [6, 6.07) is 7.65. The number of thioether (sulfide) groups is 1. The van der Waals surface area contributed by atoms with E-state index >= 15 is 0 Å². The minimum atomic E-state index is -0.167. The van der Waals surface area contributed by atoms with Crippen LogP contribution in [0, 0.1) is 0 Å². The fourth-order valence-corrected chi connectivity index (χ4v) is 2.78. The second-order valence-electron chi connectivity index (χ2n) is 5.51. The Bertz CT molecular complexity index is 660. The molecule has 0 saturated heterocycles. The van der Waals surface area contributed by atoms with Gasteiger partial charge in [-0.1, -0.05) is 11.6 Å². The molecule has 2 rings (SSSR count). The van der Waals surface area contributed by atoms with Crippen LogP contribution in [0.25, 0.3) is 11.3 Å². The molecule has 2 atom stereocenters. The molecule has 1 heterocycles. The number of oxazole rings is 1. The van der Waals surface area contributed by atoms with Gasteiger partial charge in [-0.05, 0) is 45.2 Å². The second-order valence-corrected chi connectivity index (χ2v) is 7.28. The van der Waals surface area contributed by atoms with Gasteiger partial charge in [-0.2, -0.15) is 0 Å². The zero-order chi connectivity index (χ0) is 17.5. The van der Waals surface area contributed by atoms with Gasteiger partial charge in [0, 0.05) is 23.2 Å². The van der Waals surface area contributed by atoms with E-state index in [2.05, 4.69) is 15.6 Å².